The van der Waals surface area contributed by atoms with Crippen molar-refractivity contribution in [1.29, 1.82) is 5.26 Å². The van der Waals surface area contributed by atoms with Gasteiger partial charge in [0.2, 0.25) is 0 Å². The summed E-state index contributed by atoms with van der Waals surface area (Å²) in [5.41, 5.74) is 0.730. The Bertz CT molecular complexity index is 407. The third kappa shape index (κ3) is 3.54. The van der Waals surface area contributed by atoms with Crippen molar-refractivity contribution in [1.82, 2.24) is 4.90 Å². The quantitative estimate of drug-likeness (QED) is 0.781. The second-order valence-corrected chi connectivity index (χ2v) is 4.45. The van der Waals surface area contributed by atoms with Gasteiger partial charge in [-0.25, -0.2) is 4.39 Å². The highest BCUT2D eigenvalue weighted by Crippen LogP contribution is 2.15. The van der Waals surface area contributed by atoms with Crippen molar-refractivity contribution < 1.29 is 4.39 Å². The first-order chi connectivity index (χ1) is 8.10. The second-order valence-electron chi connectivity index (χ2n) is 4.45. The predicted molar refractivity (Wildman–Crippen MR) is 67.0 cm³/mol. The van der Waals surface area contributed by atoms with Crippen molar-refractivity contribution in [2.24, 2.45) is 0 Å². The number of halogens is 1. The molecule has 0 atom stereocenters. The molecule has 0 aliphatic rings. The zero-order chi connectivity index (χ0) is 12.8. The molecule has 0 fully saturated rings. The molecular weight excluding hydrogens is 215 g/mol. The highest BCUT2D eigenvalue weighted by molar-refractivity contribution is 5.34. The molecule has 0 spiro atoms. The Morgan fingerprint density at radius 3 is 2.65 bits per heavy atom. The first kappa shape index (κ1) is 13.7. The minimum Gasteiger partial charge on any atom is -0.297 e. The van der Waals surface area contributed by atoms with E-state index in [4.69, 9.17) is 5.26 Å². The van der Waals surface area contributed by atoms with E-state index < -0.39 is 0 Å². The van der Waals surface area contributed by atoms with Gasteiger partial charge in [-0.1, -0.05) is 19.1 Å². The van der Waals surface area contributed by atoms with Crippen LogP contribution in [0, 0.1) is 17.1 Å². The number of rotatable bonds is 5. The van der Waals surface area contributed by atoms with Crippen LogP contribution in [0.5, 0.6) is 0 Å². The van der Waals surface area contributed by atoms with E-state index in [9.17, 15) is 4.39 Å². The average Bonchev–Trinajstić information content (AvgIpc) is 2.30. The molecule has 0 N–H and O–H groups in total. The summed E-state index contributed by atoms with van der Waals surface area (Å²) in [6.45, 7) is 7.81. The van der Waals surface area contributed by atoms with Crippen LogP contribution in [0.2, 0.25) is 0 Å². The lowest BCUT2D eigenvalue weighted by Crippen LogP contribution is -2.31. The lowest BCUT2D eigenvalue weighted by Gasteiger charge is -2.26. The predicted octanol–water partition coefficient (Wildman–Crippen LogP) is 3.32. The van der Waals surface area contributed by atoms with E-state index in [0.29, 0.717) is 18.2 Å². The SMILES string of the molecule is CCCN(Cc1cccc(C#N)c1F)C(C)C. The van der Waals surface area contributed by atoms with Crippen molar-refractivity contribution in [3.63, 3.8) is 0 Å². The Hall–Kier alpha value is -1.40. The summed E-state index contributed by atoms with van der Waals surface area (Å²) in [4.78, 5) is 2.21. The third-order valence-electron chi connectivity index (χ3n) is 2.81. The van der Waals surface area contributed by atoms with Crippen molar-refractivity contribution in [2.45, 2.75) is 39.8 Å². The first-order valence-corrected chi connectivity index (χ1v) is 6.01. The summed E-state index contributed by atoms with van der Waals surface area (Å²) in [7, 11) is 0. The van der Waals surface area contributed by atoms with Gasteiger partial charge in [0.05, 0.1) is 5.56 Å². The summed E-state index contributed by atoms with van der Waals surface area (Å²) < 4.78 is 13.9. The lowest BCUT2D eigenvalue weighted by molar-refractivity contribution is 0.210. The van der Waals surface area contributed by atoms with Crippen molar-refractivity contribution in [3.8, 4) is 6.07 Å². The van der Waals surface area contributed by atoms with Crippen LogP contribution in [0.4, 0.5) is 4.39 Å². The number of hydrogen-bond donors (Lipinski definition) is 0. The van der Waals surface area contributed by atoms with Crippen LogP contribution in [0.3, 0.4) is 0 Å². The molecule has 0 heterocycles. The molecule has 92 valence electrons. The molecule has 0 radical (unpaired) electrons. The van der Waals surface area contributed by atoms with Gasteiger partial charge >= 0.3 is 0 Å². The summed E-state index contributed by atoms with van der Waals surface area (Å²) >= 11 is 0. The molecule has 0 saturated heterocycles. The van der Waals surface area contributed by atoms with Crippen LogP contribution >= 0.6 is 0 Å². The van der Waals surface area contributed by atoms with Crippen LogP contribution in [-0.2, 0) is 6.54 Å². The van der Waals surface area contributed by atoms with Crippen LogP contribution in [0.15, 0.2) is 18.2 Å². The average molecular weight is 234 g/mol. The maximum absolute atomic E-state index is 13.9. The standard InChI is InChI=1S/C14H19FN2/c1-4-8-17(11(2)3)10-13-7-5-6-12(9-16)14(13)15/h5-7,11H,4,8,10H2,1-3H3. The van der Waals surface area contributed by atoms with E-state index in [1.165, 1.54) is 6.07 Å². The Kier molecular flexibility index (Phi) is 5.11. The molecule has 0 bridgehead atoms. The van der Waals surface area contributed by atoms with E-state index in [2.05, 4.69) is 25.7 Å². The molecule has 0 aliphatic heterocycles. The first-order valence-electron chi connectivity index (χ1n) is 6.01. The number of nitrogens with zero attached hydrogens (tertiary/aromatic N) is 2. The van der Waals surface area contributed by atoms with Crippen molar-refractivity contribution in [3.05, 3.63) is 35.1 Å². The van der Waals surface area contributed by atoms with Gasteiger partial charge in [-0.15, -0.1) is 0 Å². The lowest BCUT2D eigenvalue weighted by atomic mass is 10.1. The van der Waals surface area contributed by atoms with Crippen LogP contribution in [0.1, 0.15) is 38.3 Å². The van der Waals surface area contributed by atoms with Crippen LogP contribution in [-0.4, -0.2) is 17.5 Å². The topological polar surface area (TPSA) is 27.0 Å². The van der Waals surface area contributed by atoms with E-state index in [1.807, 2.05) is 6.07 Å². The smallest absolute Gasteiger partial charge is 0.145 e. The highest BCUT2D eigenvalue weighted by Gasteiger charge is 2.13. The second kappa shape index (κ2) is 6.36. The monoisotopic (exact) mass is 234 g/mol. The van der Waals surface area contributed by atoms with E-state index in [-0.39, 0.29) is 11.4 Å². The maximum Gasteiger partial charge on any atom is 0.145 e. The Morgan fingerprint density at radius 2 is 2.12 bits per heavy atom. The number of hydrogen-bond acceptors (Lipinski definition) is 2. The molecule has 3 heteroatoms. The fraction of sp³-hybridized carbons (Fsp3) is 0.500. The summed E-state index contributed by atoms with van der Waals surface area (Å²) in [6, 6.07) is 7.25. The summed E-state index contributed by atoms with van der Waals surface area (Å²) in [5.74, 6) is -0.378. The molecule has 0 saturated carbocycles. The van der Waals surface area contributed by atoms with Crippen LogP contribution < -0.4 is 0 Å². The highest BCUT2D eigenvalue weighted by atomic mass is 19.1. The van der Waals surface area contributed by atoms with Gasteiger partial charge in [-0.2, -0.15) is 5.26 Å². The Morgan fingerprint density at radius 1 is 1.41 bits per heavy atom. The zero-order valence-electron chi connectivity index (χ0n) is 10.7. The maximum atomic E-state index is 13.9. The van der Waals surface area contributed by atoms with Gasteiger partial charge in [0.25, 0.3) is 0 Å². The summed E-state index contributed by atoms with van der Waals surface area (Å²) in [6.07, 6.45) is 1.04. The van der Waals surface area contributed by atoms with Crippen molar-refractivity contribution in [2.75, 3.05) is 6.54 Å². The minimum atomic E-state index is -0.378. The van der Waals surface area contributed by atoms with Gasteiger partial charge in [0.1, 0.15) is 11.9 Å². The molecular formula is C14H19FN2. The number of benzene rings is 1. The summed E-state index contributed by atoms with van der Waals surface area (Å²) in [5, 5.41) is 8.79. The van der Waals surface area contributed by atoms with Gasteiger partial charge in [0, 0.05) is 18.2 Å². The third-order valence-corrected chi connectivity index (χ3v) is 2.81. The largest absolute Gasteiger partial charge is 0.297 e. The number of nitriles is 1. The van der Waals surface area contributed by atoms with Crippen LogP contribution in [0.25, 0.3) is 0 Å². The fourth-order valence-corrected chi connectivity index (χ4v) is 1.81. The molecule has 1 rings (SSSR count). The van der Waals surface area contributed by atoms with Gasteiger partial charge in [-0.3, -0.25) is 4.90 Å². The van der Waals surface area contributed by atoms with E-state index in [0.717, 1.165) is 13.0 Å². The molecule has 0 aromatic heterocycles. The van der Waals surface area contributed by atoms with E-state index in [1.54, 1.807) is 12.1 Å². The molecule has 17 heavy (non-hydrogen) atoms. The Labute approximate surface area is 103 Å². The zero-order valence-corrected chi connectivity index (χ0v) is 10.7. The molecule has 0 aliphatic carbocycles. The van der Waals surface area contributed by atoms with Gasteiger partial charge < -0.3 is 0 Å². The minimum absolute atomic E-state index is 0.128. The van der Waals surface area contributed by atoms with Gasteiger partial charge in [-0.05, 0) is 32.9 Å². The molecule has 1 aromatic rings. The fourth-order valence-electron chi connectivity index (χ4n) is 1.81. The molecule has 0 unspecified atom stereocenters. The normalized spacial score (nSPS) is 10.9. The molecule has 0 amide bonds. The van der Waals surface area contributed by atoms with Crippen molar-refractivity contribution >= 4 is 0 Å². The van der Waals surface area contributed by atoms with E-state index >= 15 is 0 Å². The Balaban J connectivity index is 2.90. The van der Waals surface area contributed by atoms with Gasteiger partial charge in [0.15, 0.2) is 0 Å². The molecule has 2 nitrogen and oxygen atoms in total. The molecule has 1 aromatic carbocycles.